The van der Waals surface area contributed by atoms with E-state index in [1.807, 2.05) is 12.1 Å². The Labute approximate surface area is 147 Å². The molecule has 0 fully saturated rings. The number of carbonyl (C=O) groups is 1. The molecule has 0 unspecified atom stereocenters. The largest absolute Gasteiger partial charge is 0.416 e. The van der Waals surface area contributed by atoms with E-state index in [4.69, 9.17) is 0 Å². The van der Waals surface area contributed by atoms with Gasteiger partial charge in [-0.3, -0.25) is 9.78 Å². The van der Waals surface area contributed by atoms with Gasteiger partial charge in [0.1, 0.15) is 0 Å². The number of halogens is 3. The molecule has 1 aromatic carbocycles. The minimum atomic E-state index is -4.35. The SMILES string of the molecule is O=C(CCc1cccnc1)c1ccc(-c2ccc(C(F)(F)F)cc2)s1. The molecule has 0 N–H and O–H groups in total. The monoisotopic (exact) mass is 361 g/mol. The van der Waals surface area contributed by atoms with E-state index in [1.54, 1.807) is 24.5 Å². The molecule has 2 aromatic heterocycles. The van der Waals surface area contributed by atoms with Crippen LogP contribution in [-0.4, -0.2) is 10.8 Å². The maximum Gasteiger partial charge on any atom is 0.416 e. The average molecular weight is 361 g/mol. The Morgan fingerprint density at radius 3 is 2.44 bits per heavy atom. The number of carbonyl (C=O) groups excluding carboxylic acids is 1. The van der Waals surface area contributed by atoms with Crippen LogP contribution in [0.1, 0.15) is 27.2 Å². The van der Waals surface area contributed by atoms with E-state index in [0.717, 1.165) is 22.6 Å². The van der Waals surface area contributed by atoms with Crippen molar-refractivity contribution >= 4 is 17.1 Å². The minimum absolute atomic E-state index is 0.0204. The number of aryl methyl sites for hydroxylation is 1. The van der Waals surface area contributed by atoms with Crippen molar-refractivity contribution in [3.63, 3.8) is 0 Å². The molecule has 2 heterocycles. The molecule has 0 saturated heterocycles. The van der Waals surface area contributed by atoms with Gasteiger partial charge in [-0.2, -0.15) is 13.2 Å². The van der Waals surface area contributed by atoms with Crippen LogP contribution in [0, 0.1) is 0 Å². The van der Waals surface area contributed by atoms with Gasteiger partial charge in [-0.05, 0) is 47.9 Å². The lowest BCUT2D eigenvalue weighted by molar-refractivity contribution is -0.137. The molecule has 0 radical (unpaired) electrons. The number of Topliss-reactive ketones (excluding diaryl/α,β-unsaturated/α-hetero) is 1. The van der Waals surface area contributed by atoms with Crippen LogP contribution >= 0.6 is 11.3 Å². The molecule has 0 bridgehead atoms. The number of ketones is 1. The highest BCUT2D eigenvalue weighted by Gasteiger charge is 2.30. The Hall–Kier alpha value is -2.47. The third kappa shape index (κ3) is 4.33. The summed E-state index contributed by atoms with van der Waals surface area (Å²) in [5, 5.41) is 0. The molecule has 0 aliphatic rings. The third-order valence-electron chi connectivity index (χ3n) is 3.74. The Kier molecular flexibility index (Phi) is 4.99. The average Bonchev–Trinajstić information content (AvgIpc) is 3.10. The Bertz CT molecular complexity index is 854. The first kappa shape index (κ1) is 17.4. The first-order valence-electron chi connectivity index (χ1n) is 7.63. The summed E-state index contributed by atoms with van der Waals surface area (Å²) in [5.41, 5.74) is 0.986. The lowest BCUT2D eigenvalue weighted by Gasteiger charge is -2.06. The van der Waals surface area contributed by atoms with Crippen molar-refractivity contribution in [3.05, 3.63) is 76.9 Å². The standard InChI is InChI=1S/C19H14F3NOS/c20-19(21,22)15-6-4-14(5-7-15)17-9-10-18(25-17)16(24)8-3-13-2-1-11-23-12-13/h1-2,4-7,9-12H,3,8H2. The zero-order chi connectivity index (χ0) is 17.9. The van der Waals surface area contributed by atoms with Crippen LogP contribution in [0.2, 0.25) is 0 Å². The van der Waals surface area contributed by atoms with Gasteiger partial charge in [0.25, 0.3) is 0 Å². The number of aromatic nitrogens is 1. The molecule has 6 heteroatoms. The number of nitrogens with zero attached hydrogens (tertiary/aromatic N) is 1. The number of hydrogen-bond acceptors (Lipinski definition) is 3. The van der Waals surface area contributed by atoms with E-state index >= 15 is 0 Å². The molecule has 128 valence electrons. The van der Waals surface area contributed by atoms with Gasteiger partial charge < -0.3 is 0 Å². The highest BCUT2D eigenvalue weighted by Crippen LogP contribution is 2.33. The zero-order valence-electron chi connectivity index (χ0n) is 13.1. The summed E-state index contributed by atoms with van der Waals surface area (Å²) in [5.74, 6) is 0.0204. The van der Waals surface area contributed by atoms with Gasteiger partial charge >= 0.3 is 6.18 Å². The Morgan fingerprint density at radius 1 is 1.04 bits per heavy atom. The number of benzene rings is 1. The van der Waals surface area contributed by atoms with E-state index < -0.39 is 11.7 Å². The lowest BCUT2D eigenvalue weighted by Crippen LogP contribution is -2.03. The van der Waals surface area contributed by atoms with Gasteiger partial charge in [0.05, 0.1) is 10.4 Å². The molecule has 2 nitrogen and oxygen atoms in total. The Morgan fingerprint density at radius 2 is 1.80 bits per heavy atom. The summed E-state index contributed by atoms with van der Waals surface area (Å²) < 4.78 is 37.8. The molecule has 0 atom stereocenters. The van der Waals surface area contributed by atoms with E-state index in [2.05, 4.69) is 4.98 Å². The predicted octanol–water partition coefficient (Wildman–Crippen LogP) is 5.64. The minimum Gasteiger partial charge on any atom is -0.293 e. The van der Waals surface area contributed by atoms with Crippen LogP contribution in [-0.2, 0) is 12.6 Å². The van der Waals surface area contributed by atoms with Crippen molar-refractivity contribution in [2.24, 2.45) is 0 Å². The third-order valence-corrected chi connectivity index (χ3v) is 4.92. The maximum atomic E-state index is 12.6. The summed E-state index contributed by atoms with van der Waals surface area (Å²) in [6.45, 7) is 0. The van der Waals surface area contributed by atoms with Crippen molar-refractivity contribution in [2.75, 3.05) is 0 Å². The topological polar surface area (TPSA) is 30.0 Å². The van der Waals surface area contributed by atoms with Crippen molar-refractivity contribution in [2.45, 2.75) is 19.0 Å². The van der Waals surface area contributed by atoms with Crippen LogP contribution < -0.4 is 0 Å². The zero-order valence-corrected chi connectivity index (χ0v) is 13.9. The van der Waals surface area contributed by atoms with Gasteiger partial charge in [-0.15, -0.1) is 11.3 Å². The van der Waals surface area contributed by atoms with Gasteiger partial charge in [0.2, 0.25) is 0 Å². The fraction of sp³-hybridized carbons (Fsp3) is 0.158. The molecule has 0 aliphatic heterocycles. The molecule has 3 aromatic rings. The van der Waals surface area contributed by atoms with Crippen LogP contribution in [0.4, 0.5) is 13.2 Å². The van der Waals surface area contributed by atoms with Crippen LogP contribution in [0.5, 0.6) is 0 Å². The van der Waals surface area contributed by atoms with Crippen LogP contribution in [0.25, 0.3) is 10.4 Å². The summed E-state index contributed by atoms with van der Waals surface area (Å²) in [6, 6.07) is 12.2. The number of pyridine rings is 1. The maximum absolute atomic E-state index is 12.6. The molecule has 0 aliphatic carbocycles. The van der Waals surface area contributed by atoms with Crippen molar-refractivity contribution in [1.29, 1.82) is 0 Å². The van der Waals surface area contributed by atoms with E-state index in [-0.39, 0.29) is 5.78 Å². The second kappa shape index (κ2) is 7.19. The van der Waals surface area contributed by atoms with E-state index in [1.165, 1.54) is 23.5 Å². The first-order valence-corrected chi connectivity index (χ1v) is 8.45. The second-order valence-corrected chi connectivity index (χ2v) is 6.61. The molecular formula is C19H14F3NOS. The van der Waals surface area contributed by atoms with E-state index in [0.29, 0.717) is 23.3 Å². The van der Waals surface area contributed by atoms with Gasteiger partial charge in [-0.1, -0.05) is 18.2 Å². The number of rotatable bonds is 5. The second-order valence-electron chi connectivity index (χ2n) is 5.52. The number of hydrogen-bond donors (Lipinski definition) is 0. The van der Waals surface area contributed by atoms with Gasteiger partial charge in [0.15, 0.2) is 5.78 Å². The normalized spacial score (nSPS) is 11.5. The summed E-state index contributed by atoms with van der Waals surface area (Å²) in [7, 11) is 0. The molecule has 25 heavy (non-hydrogen) atoms. The summed E-state index contributed by atoms with van der Waals surface area (Å²) in [4.78, 5) is 17.7. The van der Waals surface area contributed by atoms with Crippen LogP contribution in [0.3, 0.4) is 0 Å². The van der Waals surface area contributed by atoms with Gasteiger partial charge in [0, 0.05) is 23.7 Å². The molecule has 0 saturated carbocycles. The smallest absolute Gasteiger partial charge is 0.293 e. The first-order chi connectivity index (χ1) is 11.9. The van der Waals surface area contributed by atoms with Crippen molar-refractivity contribution in [1.82, 2.24) is 4.98 Å². The molecule has 3 rings (SSSR count). The lowest BCUT2D eigenvalue weighted by atomic mass is 10.1. The van der Waals surface area contributed by atoms with Crippen LogP contribution in [0.15, 0.2) is 60.9 Å². The fourth-order valence-electron chi connectivity index (χ4n) is 2.39. The quantitative estimate of drug-likeness (QED) is 0.550. The summed E-state index contributed by atoms with van der Waals surface area (Å²) in [6.07, 6.45) is 0.0521. The molecule has 0 amide bonds. The summed E-state index contributed by atoms with van der Waals surface area (Å²) >= 11 is 1.30. The number of alkyl halides is 3. The Balaban J connectivity index is 1.68. The predicted molar refractivity (Wildman–Crippen MR) is 91.6 cm³/mol. The molecule has 0 spiro atoms. The highest BCUT2D eigenvalue weighted by atomic mass is 32.1. The van der Waals surface area contributed by atoms with E-state index in [9.17, 15) is 18.0 Å². The van der Waals surface area contributed by atoms with Gasteiger partial charge in [-0.25, -0.2) is 0 Å². The fourth-order valence-corrected chi connectivity index (χ4v) is 3.37. The van der Waals surface area contributed by atoms with Crippen molar-refractivity contribution < 1.29 is 18.0 Å². The van der Waals surface area contributed by atoms with Crippen molar-refractivity contribution in [3.8, 4) is 10.4 Å². The number of thiophene rings is 1. The molecular weight excluding hydrogens is 347 g/mol. The highest BCUT2D eigenvalue weighted by molar-refractivity contribution is 7.17.